The van der Waals surface area contributed by atoms with E-state index >= 15 is 0 Å². The predicted molar refractivity (Wildman–Crippen MR) is 64.4 cm³/mol. The number of aromatic nitrogens is 2. The standard InChI is InChI=1S/C13H15N3O/c1-2-4-11(5-3-1)13-15-12(17-16-13)8-10-6-7-14-9-10/h1-5,10,14H,6-9H2. The first-order valence-electron chi connectivity index (χ1n) is 6.00. The monoisotopic (exact) mass is 229 g/mol. The van der Waals surface area contributed by atoms with Gasteiger partial charge < -0.3 is 9.84 Å². The highest BCUT2D eigenvalue weighted by Crippen LogP contribution is 2.18. The van der Waals surface area contributed by atoms with Crippen molar-refractivity contribution in [2.75, 3.05) is 13.1 Å². The molecule has 0 amide bonds. The van der Waals surface area contributed by atoms with Gasteiger partial charge in [-0.1, -0.05) is 35.5 Å². The van der Waals surface area contributed by atoms with E-state index in [2.05, 4.69) is 15.5 Å². The van der Waals surface area contributed by atoms with Gasteiger partial charge >= 0.3 is 0 Å². The van der Waals surface area contributed by atoms with Gasteiger partial charge in [0.1, 0.15) is 0 Å². The SMILES string of the molecule is c1ccc(-c2noc(CC3CCNC3)n2)cc1. The molecule has 0 spiro atoms. The Morgan fingerprint density at radius 2 is 2.18 bits per heavy atom. The fourth-order valence-corrected chi connectivity index (χ4v) is 2.18. The van der Waals surface area contributed by atoms with Crippen LogP contribution in [0.1, 0.15) is 12.3 Å². The summed E-state index contributed by atoms with van der Waals surface area (Å²) >= 11 is 0. The van der Waals surface area contributed by atoms with Crippen LogP contribution in [0.15, 0.2) is 34.9 Å². The van der Waals surface area contributed by atoms with Crippen LogP contribution in [0.25, 0.3) is 11.4 Å². The summed E-state index contributed by atoms with van der Waals surface area (Å²) in [6.07, 6.45) is 2.08. The lowest BCUT2D eigenvalue weighted by molar-refractivity contribution is 0.358. The second-order valence-corrected chi connectivity index (χ2v) is 4.44. The third kappa shape index (κ3) is 2.36. The van der Waals surface area contributed by atoms with Crippen LogP contribution in [-0.2, 0) is 6.42 Å². The molecule has 3 rings (SSSR count). The number of benzene rings is 1. The van der Waals surface area contributed by atoms with Gasteiger partial charge in [-0.3, -0.25) is 0 Å². The molecule has 2 aromatic rings. The lowest BCUT2D eigenvalue weighted by Gasteiger charge is -2.01. The van der Waals surface area contributed by atoms with Gasteiger partial charge in [-0.15, -0.1) is 0 Å². The van der Waals surface area contributed by atoms with E-state index in [1.165, 1.54) is 6.42 Å². The highest BCUT2D eigenvalue weighted by atomic mass is 16.5. The Hall–Kier alpha value is -1.68. The molecule has 1 aliphatic rings. The minimum atomic E-state index is 0.638. The molecule has 1 aromatic carbocycles. The Labute approximate surface area is 100 Å². The van der Waals surface area contributed by atoms with Crippen LogP contribution in [0.5, 0.6) is 0 Å². The fourth-order valence-electron chi connectivity index (χ4n) is 2.18. The van der Waals surface area contributed by atoms with Crippen molar-refractivity contribution < 1.29 is 4.52 Å². The van der Waals surface area contributed by atoms with E-state index < -0.39 is 0 Å². The molecule has 0 aliphatic carbocycles. The molecule has 1 atom stereocenters. The quantitative estimate of drug-likeness (QED) is 0.873. The molecule has 1 aliphatic heterocycles. The van der Waals surface area contributed by atoms with Crippen molar-refractivity contribution >= 4 is 0 Å². The van der Waals surface area contributed by atoms with Crippen LogP contribution < -0.4 is 5.32 Å². The molecule has 1 fully saturated rings. The van der Waals surface area contributed by atoms with Gasteiger partial charge in [-0.2, -0.15) is 4.98 Å². The number of rotatable bonds is 3. The number of hydrogen-bond acceptors (Lipinski definition) is 4. The minimum Gasteiger partial charge on any atom is -0.339 e. The molecule has 0 bridgehead atoms. The maximum absolute atomic E-state index is 5.29. The Bertz CT molecular complexity index is 474. The van der Waals surface area contributed by atoms with E-state index in [0.717, 1.165) is 31.0 Å². The Morgan fingerprint density at radius 3 is 2.94 bits per heavy atom. The second-order valence-electron chi connectivity index (χ2n) is 4.44. The molecule has 1 aromatic heterocycles. The highest BCUT2D eigenvalue weighted by molar-refractivity contribution is 5.53. The van der Waals surface area contributed by atoms with Crippen LogP contribution in [-0.4, -0.2) is 23.2 Å². The summed E-state index contributed by atoms with van der Waals surface area (Å²) in [7, 11) is 0. The topological polar surface area (TPSA) is 51.0 Å². The number of nitrogens with one attached hydrogen (secondary N) is 1. The zero-order chi connectivity index (χ0) is 11.5. The van der Waals surface area contributed by atoms with Gasteiger partial charge in [0.25, 0.3) is 0 Å². The van der Waals surface area contributed by atoms with Crippen molar-refractivity contribution in [1.82, 2.24) is 15.5 Å². The van der Waals surface area contributed by atoms with E-state index in [1.54, 1.807) is 0 Å². The Kier molecular flexibility index (Phi) is 2.88. The van der Waals surface area contributed by atoms with Crippen molar-refractivity contribution in [1.29, 1.82) is 0 Å². The lowest BCUT2D eigenvalue weighted by Crippen LogP contribution is -2.10. The molecule has 1 unspecified atom stereocenters. The normalized spacial score (nSPS) is 19.6. The van der Waals surface area contributed by atoms with Gasteiger partial charge in [-0.05, 0) is 25.4 Å². The average Bonchev–Trinajstić information content (AvgIpc) is 3.02. The van der Waals surface area contributed by atoms with Crippen LogP contribution in [0.2, 0.25) is 0 Å². The summed E-state index contributed by atoms with van der Waals surface area (Å²) < 4.78 is 5.29. The van der Waals surface area contributed by atoms with Crippen LogP contribution in [0.4, 0.5) is 0 Å². The zero-order valence-corrected chi connectivity index (χ0v) is 9.60. The third-order valence-corrected chi connectivity index (χ3v) is 3.13. The summed E-state index contributed by atoms with van der Waals surface area (Å²) in [5, 5.41) is 7.36. The highest BCUT2D eigenvalue weighted by Gasteiger charge is 2.18. The average molecular weight is 229 g/mol. The van der Waals surface area contributed by atoms with Crippen molar-refractivity contribution in [3.63, 3.8) is 0 Å². The first-order chi connectivity index (χ1) is 8.42. The largest absolute Gasteiger partial charge is 0.339 e. The van der Waals surface area contributed by atoms with Crippen molar-refractivity contribution in [2.24, 2.45) is 5.92 Å². The first-order valence-corrected chi connectivity index (χ1v) is 6.00. The molecule has 2 heterocycles. The lowest BCUT2D eigenvalue weighted by atomic mass is 10.1. The molecular formula is C13H15N3O. The maximum atomic E-state index is 5.29. The molecule has 4 nitrogen and oxygen atoms in total. The molecule has 1 saturated heterocycles. The van der Waals surface area contributed by atoms with Gasteiger partial charge in [-0.25, -0.2) is 0 Å². The number of nitrogens with zero attached hydrogens (tertiary/aromatic N) is 2. The molecular weight excluding hydrogens is 214 g/mol. The van der Waals surface area contributed by atoms with E-state index in [4.69, 9.17) is 4.52 Å². The van der Waals surface area contributed by atoms with Gasteiger partial charge in [0.15, 0.2) is 0 Å². The zero-order valence-electron chi connectivity index (χ0n) is 9.60. The van der Waals surface area contributed by atoms with E-state index in [1.807, 2.05) is 30.3 Å². The minimum absolute atomic E-state index is 0.638. The molecule has 88 valence electrons. The van der Waals surface area contributed by atoms with Crippen LogP contribution >= 0.6 is 0 Å². The molecule has 0 saturated carbocycles. The van der Waals surface area contributed by atoms with Crippen molar-refractivity contribution in [2.45, 2.75) is 12.8 Å². The van der Waals surface area contributed by atoms with Crippen molar-refractivity contribution in [3.05, 3.63) is 36.2 Å². The Balaban J connectivity index is 1.74. The third-order valence-electron chi connectivity index (χ3n) is 3.13. The molecule has 17 heavy (non-hydrogen) atoms. The van der Waals surface area contributed by atoms with Gasteiger partial charge in [0, 0.05) is 12.0 Å². The molecule has 4 heteroatoms. The summed E-state index contributed by atoms with van der Waals surface area (Å²) in [4.78, 5) is 4.44. The van der Waals surface area contributed by atoms with E-state index in [9.17, 15) is 0 Å². The maximum Gasteiger partial charge on any atom is 0.227 e. The molecule has 1 N–H and O–H groups in total. The fraction of sp³-hybridized carbons (Fsp3) is 0.385. The summed E-state index contributed by atoms with van der Waals surface area (Å²) in [5.74, 6) is 2.07. The van der Waals surface area contributed by atoms with Gasteiger partial charge in [0.05, 0.1) is 0 Å². The van der Waals surface area contributed by atoms with Crippen LogP contribution in [0, 0.1) is 5.92 Å². The predicted octanol–water partition coefficient (Wildman–Crippen LogP) is 1.89. The summed E-state index contributed by atoms with van der Waals surface area (Å²) in [6.45, 7) is 2.16. The Morgan fingerprint density at radius 1 is 1.29 bits per heavy atom. The molecule has 0 radical (unpaired) electrons. The summed E-state index contributed by atoms with van der Waals surface area (Å²) in [5.41, 5.74) is 1.01. The first kappa shape index (κ1) is 10.5. The summed E-state index contributed by atoms with van der Waals surface area (Å²) in [6, 6.07) is 9.92. The number of hydrogen-bond donors (Lipinski definition) is 1. The second kappa shape index (κ2) is 4.67. The smallest absolute Gasteiger partial charge is 0.227 e. The van der Waals surface area contributed by atoms with Crippen LogP contribution in [0.3, 0.4) is 0 Å². The van der Waals surface area contributed by atoms with E-state index in [0.29, 0.717) is 11.7 Å². The van der Waals surface area contributed by atoms with Crippen molar-refractivity contribution in [3.8, 4) is 11.4 Å². The van der Waals surface area contributed by atoms with Gasteiger partial charge in [0.2, 0.25) is 11.7 Å². The van der Waals surface area contributed by atoms with E-state index in [-0.39, 0.29) is 0 Å².